The van der Waals surface area contributed by atoms with Crippen LogP contribution in [0.2, 0.25) is 0 Å². The topological polar surface area (TPSA) is 35.5 Å². The van der Waals surface area contributed by atoms with E-state index < -0.39 is 0 Å². The van der Waals surface area contributed by atoms with E-state index in [0.29, 0.717) is 6.61 Å². The summed E-state index contributed by atoms with van der Waals surface area (Å²) in [6.45, 7) is 5.87. The van der Waals surface area contributed by atoms with Crippen molar-refractivity contribution in [1.82, 2.24) is 0 Å². The van der Waals surface area contributed by atoms with Crippen molar-refractivity contribution in [2.75, 3.05) is 13.7 Å². The van der Waals surface area contributed by atoms with Gasteiger partial charge < -0.3 is 9.47 Å². The van der Waals surface area contributed by atoms with Gasteiger partial charge in [0.05, 0.1) is 18.6 Å². The van der Waals surface area contributed by atoms with Gasteiger partial charge in [-0.15, -0.1) is 0 Å². The Labute approximate surface area is 67.7 Å². The van der Waals surface area contributed by atoms with Gasteiger partial charge in [-0.2, -0.15) is 0 Å². The predicted molar refractivity (Wildman–Crippen MR) is 42.3 cm³/mol. The summed E-state index contributed by atoms with van der Waals surface area (Å²) in [7, 11) is 1.58. The first-order valence-corrected chi connectivity index (χ1v) is 3.82. The van der Waals surface area contributed by atoms with Crippen molar-refractivity contribution in [2.45, 2.75) is 26.9 Å². The van der Waals surface area contributed by atoms with Crippen molar-refractivity contribution in [2.24, 2.45) is 5.92 Å². The minimum atomic E-state index is -0.193. The van der Waals surface area contributed by atoms with E-state index in [1.807, 2.05) is 6.92 Å². The van der Waals surface area contributed by atoms with Crippen LogP contribution < -0.4 is 0 Å². The molecule has 0 saturated carbocycles. The van der Waals surface area contributed by atoms with E-state index in [1.165, 1.54) is 0 Å². The standard InChI is InChI=1S/C8H16O3/c1-5-11-8(9)6(2)7(3)10-4/h6-7H,5H2,1-4H3/t6-,7+/m1/s1. The highest BCUT2D eigenvalue weighted by Crippen LogP contribution is 2.07. The number of hydrogen-bond donors (Lipinski definition) is 0. The highest BCUT2D eigenvalue weighted by atomic mass is 16.5. The van der Waals surface area contributed by atoms with Crippen LogP contribution in [0.3, 0.4) is 0 Å². The molecule has 0 radical (unpaired) electrons. The number of carbonyl (C=O) groups is 1. The van der Waals surface area contributed by atoms with Crippen molar-refractivity contribution in [3.63, 3.8) is 0 Å². The molecule has 66 valence electrons. The summed E-state index contributed by atoms with van der Waals surface area (Å²) < 4.78 is 9.79. The van der Waals surface area contributed by atoms with Crippen LogP contribution in [0.15, 0.2) is 0 Å². The Morgan fingerprint density at radius 2 is 2.00 bits per heavy atom. The second-order valence-corrected chi connectivity index (χ2v) is 2.48. The maximum Gasteiger partial charge on any atom is 0.311 e. The zero-order valence-electron chi connectivity index (χ0n) is 7.59. The van der Waals surface area contributed by atoms with Crippen LogP contribution >= 0.6 is 0 Å². The quantitative estimate of drug-likeness (QED) is 0.580. The first-order chi connectivity index (χ1) is 5.13. The van der Waals surface area contributed by atoms with Gasteiger partial charge in [-0.1, -0.05) is 0 Å². The highest BCUT2D eigenvalue weighted by molar-refractivity contribution is 5.72. The number of ether oxygens (including phenoxy) is 2. The Balaban J connectivity index is 3.80. The zero-order valence-corrected chi connectivity index (χ0v) is 7.59. The first kappa shape index (κ1) is 10.4. The molecule has 0 unspecified atom stereocenters. The Morgan fingerprint density at radius 1 is 1.45 bits per heavy atom. The zero-order chi connectivity index (χ0) is 8.85. The second-order valence-electron chi connectivity index (χ2n) is 2.48. The minimum Gasteiger partial charge on any atom is -0.466 e. The number of carbonyl (C=O) groups excluding carboxylic acids is 1. The van der Waals surface area contributed by atoms with Gasteiger partial charge in [0.1, 0.15) is 0 Å². The van der Waals surface area contributed by atoms with E-state index in [1.54, 1.807) is 21.0 Å². The van der Waals surface area contributed by atoms with Crippen molar-refractivity contribution in [3.8, 4) is 0 Å². The van der Waals surface area contributed by atoms with Crippen LogP contribution in [0, 0.1) is 5.92 Å². The van der Waals surface area contributed by atoms with Crippen molar-refractivity contribution >= 4 is 5.97 Å². The lowest BCUT2D eigenvalue weighted by atomic mass is 10.1. The van der Waals surface area contributed by atoms with Gasteiger partial charge in [0.15, 0.2) is 0 Å². The Bertz CT molecular complexity index is 123. The molecule has 0 saturated heterocycles. The monoisotopic (exact) mass is 160 g/mol. The molecule has 0 aliphatic rings. The maximum absolute atomic E-state index is 11.0. The highest BCUT2D eigenvalue weighted by Gasteiger charge is 2.20. The molecule has 0 N–H and O–H groups in total. The molecule has 0 amide bonds. The summed E-state index contributed by atoms with van der Waals surface area (Å²) in [4.78, 5) is 11.0. The molecule has 0 spiro atoms. The van der Waals surface area contributed by atoms with Gasteiger partial charge in [-0.25, -0.2) is 0 Å². The Hall–Kier alpha value is -0.570. The molecule has 0 fully saturated rings. The molecule has 3 heteroatoms. The molecule has 3 nitrogen and oxygen atoms in total. The van der Waals surface area contributed by atoms with Crippen LogP contribution in [-0.2, 0) is 14.3 Å². The van der Waals surface area contributed by atoms with E-state index in [0.717, 1.165) is 0 Å². The smallest absolute Gasteiger partial charge is 0.311 e. The van der Waals surface area contributed by atoms with Crippen LogP contribution in [-0.4, -0.2) is 25.8 Å². The van der Waals surface area contributed by atoms with E-state index in [2.05, 4.69) is 0 Å². The average Bonchev–Trinajstić information content (AvgIpc) is 2.02. The van der Waals surface area contributed by atoms with E-state index in [4.69, 9.17) is 9.47 Å². The number of hydrogen-bond acceptors (Lipinski definition) is 3. The molecule has 2 atom stereocenters. The fraction of sp³-hybridized carbons (Fsp3) is 0.875. The fourth-order valence-electron chi connectivity index (χ4n) is 0.669. The molecule has 0 aromatic rings. The van der Waals surface area contributed by atoms with E-state index in [9.17, 15) is 4.79 Å². The van der Waals surface area contributed by atoms with Crippen LogP contribution in [0.25, 0.3) is 0 Å². The molecule has 0 aliphatic heterocycles. The summed E-state index contributed by atoms with van der Waals surface area (Å²) in [5.41, 5.74) is 0. The lowest BCUT2D eigenvalue weighted by Gasteiger charge is -2.16. The van der Waals surface area contributed by atoms with Crippen LogP contribution in [0.1, 0.15) is 20.8 Å². The fourth-order valence-corrected chi connectivity index (χ4v) is 0.669. The number of esters is 1. The molecule has 0 heterocycles. The van der Waals surface area contributed by atoms with Gasteiger partial charge in [-0.3, -0.25) is 4.79 Å². The molecular weight excluding hydrogens is 144 g/mol. The third-order valence-electron chi connectivity index (χ3n) is 1.73. The summed E-state index contributed by atoms with van der Waals surface area (Å²) in [5.74, 6) is -0.373. The van der Waals surface area contributed by atoms with Gasteiger partial charge >= 0.3 is 5.97 Å². The van der Waals surface area contributed by atoms with E-state index >= 15 is 0 Å². The van der Waals surface area contributed by atoms with E-state index in [-0.39, 0.29) is 18.0 Å². The van der Waals surface area contributed by atoms with Gasteiger partial charge in [0.2, 0.25) is 0 Å². The van der Waals surface area contributed by atoms with Crippen molar-refractivity contribution < 1.29 is 14.3 Å². The Kier molecular flexibility index (Phi) is 4.86. The summed E-state index contributed by atoms with van der Waals surface area (Å²) in [6.07, 6.45) is -0.0750. The van der Waals surface area contributed by atoms with Gasteiger partial charge in [0.25, 0.3) is 0 Å². The predicted octanol–water partition coefficient (Wildman–Crippen LogP) is 1.22. The molecule has 0 rings (SSSR count). The molecule has 0 aliphatic carbocycles. The number of methoxy groups -OCH3 is 1. The summed E-state index contributed by atoms with van der Waals surface area (Å²) >= 11 is 0. The molecule has 0 bridgehead atoms. The lowest BCUT2D eigenvalue weighted by molar-refractivity contribution is -0.151. The van der Waals surface area contributed by atoms with Gasteiger partial charge in [0, 0.05) is 7.11 Å². The van der Waals surface area contributed by atoms with Gasteiger partial charge in [-0.05, 0) is 20.8 Å². The van der Waals surface area contributed by atoms with Crippen LogP contribution in [0.4, 0.5) is 0 Å². The third-order valence-corrected chi connectivity index (χ3v) is 1.73. The van der Waals surface area contributed by atoms with Crippen molar-refractivity contribution in [3.05, 3.63) is 0 Å². The SMILES string of the molecule is CCOC(=O)[C@H](C)[C@H](C)OC. The first-order valence-electron chi connectivity index (χ1n) is 3.82. The third kappa shape index (κ3) is 3.37. The molecule has 0 aromatic carbocycles. The minimum absolute atomic E-state index is 0.0750. The molecular formula is C8H16O3. The van der Waals surface area contributed by atoms with Crippen molar-refractivity contribution in [1.29, 1.82) is 0 Å². The summed E-state index contributed by atoms with van der Waals surface area (Å²) in [6, 6.07) is 0. The van der Waals surface area contributed by atoms with Crippen LogP contribution in [0.5, 0.6) is 0 Å². The average molecular weight is 160 g/mol. The second kappa shape index (κ2) is 5.13. The lowest BCUT2D eigenvalue weighted by Crippen LogP contribution is -2.26. The maximum atomic E-state index is 11.0. The summed E-state index contributed by atoms with van der Waals surface area (Å²) in [5, 5.41) is 0. The Morgan fingerprint density at radius 3 is 2.36 bits per heavy atom. The normalized spacial score (nSPS) is 15.6. The molecule has 11 heavy (non-hydrogen) atoms. The molecule has 0 aromatic heterocycles. The largest absolute Gasteiger partial charge is 0.466 e. The number of rotatable bonds is 4.